The van der Waals surface area contributed by atoms with Crippen molar-refractivity contribution in [3.05, 3.63) is 29.5 Å². The van der Waals surface area contributed by atoms with Gasteiger partial charge in [-0.15, -0.1) is 11.3 Å². The molecule has 2 aromatic heterocycles. The van der Waals surface area contributed by atoms with Crippen molar-refractivity contribution in [3.8, 4) is 11.5 Å². The molecule has 0 spiro atoms. The number of benzene rings is 1. The summed E-state index contributed by atoms with van der Waals surface area (Å²) < 4.78 is 5.11. The molecule has 1 aromatic carbocycles. The summed E-state index contributed by atoms with van der Waals surface area (Å²) in [5, 5.41) is 15.9. The van der Waals surface area contributed by atoms with Crippen LogP contribution >= 0.6 is 11.3 Å². The number of hydrogen-bond donors (Lipinski definition) is 3. The van der Waals surface area contributed by atoms with Crippen molar-refractivity contribution in [3.63, 3.8) is 0 Å². The lowest BCUT2D eigenvalue weighted by atomic mass is 10.2. The van der Waals surface area contributed by atoms with Gasteiger partial charge in [-0.3, -0.25) is 4.79 Å². The number of nitrogens with zero attached hydrogens (tertiary/aromatic N) is 3. The fraction of sp³-hybridized carbons (Fsp3) is 0.143. The number of hydrogen-bond acceptors (Lipinski definition) is 8. The van der Waals surface area contributed by atoms with Crippen LogP contribution < -0.4 is 15.8 Å². The number of methoxy groups -OCH3 is 1. The van der Waals surface area contributed by atoms with E-state index < -0.39 is 5.91 Å². The van der Waals surface area contributed by atoms with Crippen LogP contribution in [0.2, 0.25) is 0 Å². The van der Waals surface area contributed by atoms with Crippen molar-refractivity contribution in [1.82, 2.24) is 15.0 Å². The zero-order chi connectivity index (χ0) is 16.4. The largest absolute Gasteiger partial charge is 0.504 e. The summed E-state index contributed by atoms with van der Waals surface area (Å²) in [7, 11) is 1.47. The SMILES string of the molecule is COc1cc2c(Nc3nc(CC(N)=O)cs3)ncnc2cc1O. The number of aromatic hydroxyl groups is 1. The van der Waals surface area contributed by atoms with Gasteiger partial charge in [0.1, 0.15) is 12.1 Å². The van der Waals surface area contributed by atoms with Crippen LogP contribution in [0.15, 0.2) is 23.8 Å². The fourth-order valence-corrected chi connectivity index (χ4v) is 2.77. The smallest absolute Gasteiger partial charge is 0.223 e. The number of nitrogens with two attached hydrogens (primary N) is 1. The van der Waals surface area contributed by atoms with Gasteiger partial charge in [0.05, 0.1) is 24.7 Å². The topological polar surface area (TPSA) is 123 Å². The highest BCUT2D eigenvalue weighted by Gasteiger charge is 2.11. The van der Waals surface area contributed by atoms with Crippen LogP contribution in [-0.4, -0.2) is 33.1 Å². The Kier molecular flexibility index (Phi) is 3.94. The minimum Gasteiger partial charge on any atom is -0.504 e. The first kappa shape index (κ1) is 15.0. The number of carbonyl (C=O) groups excluding carboxylic acids is 1. The van der Waals surface area contributed by atoms with Crippen LogP contribution in [0.4, 0.5) is 10.9 Å². The number of ether oxygens (including phenoxy) is 1. The monoisotopic (exact) mass is 331 g/mol. The second-order valence-corrected chi connectivity index (χ2v) is 5.53. The molecule has 1 amide bonds. The van der Waals surface area contributed by atoms with Gasteiger partial charge in [-0.1, -0.05) is 0 Å². The van der Waals surface area contributed by atoms with Crippen LogP contribution in [-0.2, 0) is 11.2 Å². The number of amides is 1. The van der Waals surface area contributed by atoms with E-state index in [1.54, 1.807) is 11.4 Å². The van der Waals surface area contributed by atoms with E-state index in [4.69, 9.17) is 10.5 Å². The highest BCUT2D eigenvalue weighted by atomic mass is 32.1. The summed E-state index contributed by atoms with van der Waals surface area (Å²) in [5.41, 5.74) is 6.31. The fourth-order valence-electron chi connectivity index (χ4n) is 2.06. The summed E-state index contributed by atoms with van der Waals surface area (Å²) in [5.74, 6) is 0.411. The number of phenols is 1. The van der Waals surface area contributed by atoms with Crippen molar-refractivity contribution in [2.45, 2.75) is 6.42 Å². The predicted molar refractivity (Wildman–Crippen MR) is 86.0 cm³/mol. The van der Waals surface area contributed by atoms with Crippen molar-refractivity contribution < 1.29 is 14.6 Å². The standard InChI is InChI=1S/C14H13N5O3S/c1-22-11-3-8-9(4-10(11)20)16-6-17-13(8)19-14-18-7(5-23-14)2-12(15)21/h3-6,20H,2H2,1H3,(H2,15,21)(H,16,17,18,19). The summed E-state index contributed by atoms with van der Waals surface area (Å²) in [6.07, 6.45) is 1.47. The van der Waals surface area contributed by atoms with Crippen molar-refractivity contribution in [2.75, 3.05) is 12.4 Å². The van der Waals surface area contributed by atoms with Crippen LogP contribution in [0.3, 0.4) is 0 Å². The third-order valence-electron chi connectivity index (χ3n) is 3.07. The maximum absolute atomic E-state index is 10.9. The van der Waals surface area contributed by atoms with Crippen LogP contribution in [0.25, 0.3) is 10.9 Å². The summed E-state index contributed by atoms with van der Waals surface area (Å²) in [6.45, 7) is 0. The maximum atomic E-state index is 10.9. The summed E-state index contributed by atoms with van der Waals surface area (Å²) in [6, 6.07) is 3.15. The van der Waals surface area contributed by atoms with Crippen LogP contribution in [0.1, 0.15) is 5.69 Å². The Labute approximate surface area is 135 Å². The molecule has 9 heteroatoms. The molecule has 0 radical (unpaired) electrons. The molecule has 2 heterocycles. The molecule has 8 nitrogen and oxygen atoms in total. The normalized spacial score (nSPS) is 10.7. The molecule has 3 rings (SSSR count). The van der Waals surface area contributed by atoms with Gasteiger partial charge in [-0.05, 0) is 6.07 Å². The van der Waals surface area contributed by atoms with Gasteiger partial charge in [0.2, 0.25) is 5.91 Å². The average Bonchev–Trinajstić information content (AvgIpc) is 2.93. The summed E-state index contributed by atoms with van der Waals surface area (Å²) in [4.78, 5) is 23.5. The molecule has 0 aliphatic carbocycles. The van der Waals surface area contributed by atoms with Gasteiger partial charge >= 0.3 is 0 Å². The molecule has 0 saturated carbocycles. The Balaban J connectivity index is 1.96. The molecule has 3 aromatic rings. The third kappa shape index (κ3) is 3.14. The molecule has 0 saturated heterocycles. The minimum absolute atomic E-state index is 0.00245. The molecule has 0 atom stereocenters. The lowest BCUT2D eigenvalue weighted by Crippen LogP contribution is -2.13. The number of nitrogens with one attached hydrogen (secondary N) is 1. The number of fused-ring (bicyclic) bond motifs is 1. The minimum atomic E-state index is -0.436. The third-order valence-corrected chi connectivity index (χ3v) is 3.87. The molecule has 0 aliphatic heterocycles. The number of anilines is 2. The van der Waals surface area contributed by atoms with Crippen molar-refractivity contribution >= 4 is 39.1 Å². The van der Waals surface area contributed by atoms with E-state index in [2.05, 4.69) is 20.3 Å². The Morgan fingerprint density at radius 2 is 2.26 bits per heavy atom. The first-order chi connectivity index (χ1) is 11.1. The first-order valence-electron chi connectivity index (χ1n) is 6.58. The Bertz CT molecular complexity index is 880. The molecular weight excluding hydrogens is 318 g/mol. The number of thiazole rings is 1. The number of primary amides is 1. The van der Waals surface area contributed by atoms with Gasteiger partial charge in [-0.2, -0.15) is 0 Å². The van der Waals surface area contributed by atoms with E-state index in [0.717, 1.165) is 0 Å². The van der Waals surface area contributed by atoms with Gasteiger partial charge in [0.25, 0.3) is 0 Å². The van der Waals surface area contributed by atoms with Crippen molar-refractivity contribution in [2.24, 2.45) is 5.73 Å². The molecular formula is C14H13N5O3S. The second kappa shape index (κ2) is 6.05. The molecule has 0 aliphatic rings. The molecule has 118 valence electrons. The van der Waals surface area contributed by atoms with E-state index >= 15 is 0 Å². The highest BCUT2D eigenvalue weighted by Crippen LogP contribution is 2.33. The lowest BCUT2D eigenvalue weighted by Gasteiger charge is -2.08. The first-order valence-corrected chi connectivity index (χ1v) is 7.46. The molecule has 0 bridgehead atoms. The zero-order valence-corrected chi connectivity index (χ0v) is 12.9. The number of carbonyl (C=O) groups is 1. The predicted octanol–water partition coefficient (Wildman–Crippen LogP) is 1.57. The van der Waals surface area contributed by atoms with Crippen LogP contribution in [0.5, 0.6) is 11.5 Å². The number of aromatic nitrogens is 3. The summed E-state index contributed by atoms with van der Waals surface area (Å²) >= 11 is 1.34. The van der Waals surface area contributed by atoms with E-state index in [1.807, 2.05) is 0 Å². The molecule has 4 N–H and O–H groups in total. The Hall–Kier alpha value is -2.94. The van der Waals surface area contributed by atoms with E-state index in [1.165, 1.54) is 30.8 Å². The Morgan fingerprint density at radius 3 is 3.00 bits per heavy atom. The number of phenolic OH excluding ortho intramolecular Hbond substituents is 1. The number of rotatable bonds is 5. The van der Waals surface area contributed by atoms with Gasteiger partial charge < -0.3 is 20.9 Å². The van der Waals surface area contributed by atoms with E-state index in [0.29, 0.717) is 33.3 Å². The molecule has 0 fully saturated rings. The van der Waals surface area contributed by atoms with Gasteiger partial charge in [0, 0.05) is 16.8 Å². The Morgan fingerprint density at radius 1 is 1.43 bits per heavy atom. The van der Waals surface area contributed by atoms with Crippen molar-refractivity contribution in [1.29, 1.82) is 0 Å². The lowest BCUT2D eigenvalue weighted by molar-refractivity contribution is -0.117. The quantitative estimate of drug-likeness (QED) is 0.648. The van der Waals surface area contributed by atoms with E-state index in [-0.39, 0.29) is 12.2 Å². The van der Waals surface area contributed by atoms with Gasteiger partial charge in [0.15, 0.2) is 16.6 Å². The zero-order valence-electron chi connectivity index (χ0n) is 12.1. The molecule has 0 unspecified atom stereocenters. The average molecular weight is 331 g/mol. The van der Waals surface area contributed by atoms with Crippen LogP contribution in [0, 0.1) is 0 Å². The van der Waals surface area contributed by atoms with E-state index in [9.17, 15) is 9.90 Å². The highest BCUT2D eigenvalue weighted by molar-refractivity contribution is 7.13. The molecule has 23 heavy (non-hydrogen) atoms. The van der Waals surface area contributed by atoms with Gasteiger partial charge in [-0.25, -0.2) is 15.0 Å². The maximum Gasteiger partial charge on any atom is 0.223 e. The second-order valence-electron chi connectivity index (χ2n) is 4.68.